The molecule has 0 bridgehead atoms. The van der Waals surface area contributed by atoms with Crippen LogP contribution in [0.4, 0.5) is 0 Å². The molecule has 1 fully saturated rings. The van der Waals surface area contributed by atoms with Crippen molar-refractivity contribution in [3.05, 3.63) is 29.3 Å². The molecule has 0 aliphatic heterocycles. The van der Waals surface area contributed by atoms with Gasteiger partial charge in [-0.3, -0.25) is 0 Å². The van der Waals surface area contributed by atoms with Gasteiger partial charge in [-0.2, -0.15) is 5.26 Å². The molecule has 0 heterocycles. The normalized spacial score (nSPS) is 26.4. The van der Waals surface area contributed by atoms with Crippen molar-refractivity contribution in [2.45, 2.75) is 44.6 Å². The molecule has 4 nitrogen and oxygen atoms in total. The fraction of sp³-hybridized carbons (Fsp3) is 0.533. The first-order valence-corrected chi connectivity index (χ1v) is 8.36. The Morgan fingerprint density at radius 1 is 1.30 bits per heavy atom. The molecule has 20 heavy (non-hydrogen) atoms. The molecule has 1 saturated carbocycles. The summed E-state index contributed by atoms with van der Waals surface area (Å²) in [5.74, 6) is 0.898. The summed E-state index contributed by atoms with van der Waals surface area (Å²) in [7, 11) is -3.51. The van der Waals surface area contributed by atoms with Gasteiger partial charge in [0.05, 0.1) is 16.5 Å². The van der Waals surface area contributed by atoms with E-state index < -0.39 is 10.0 Å². The number of aryl methyl sites for hydroxylation is 1. The molecular weight excluding hydrogens is 272 g/mol. The summed E-state index contributed by atoms with van der Waals surface area (Å²) in [6.07, 6.45) is 1.94. The third-order valence-electron chi connectivity index (χ3n) is 4.40. The van der Waals surface area contributed by atoms with Crippen molar-refractivity contribution in [3.63, 3.8) is 0 Å². The highest BCUT2D eigenvalue weighted by Crippen LogP contribution is 2.32. The van der Waals surface area contributed by atoms with Crippen LogP contribution >= 0.6 is 0 Å². The van der Waals surface area contributed by atoms with E-state index in [0.717, 1.165) is 12.8 Å². The summed E-state index contributed by atoms with van der Waals surface area (Å²) in [6, 6.07) is 6.67. The van der Waals surface area contributed by atoms with Gasteiger partial charge in [0.25, 0.3) is 0 Å². The van der Waals surface area contributed by atoms with E-state index in [-0.39, 0.29) is 10.9 Å². The van der Waals surface area contributed by atoms with Crippen LogP contribution in [0.1, 0.15) is 37.8 Å². The molecule has 3 atom stereocenters. The van der Waals surface area contributed by atoms with Crippen LogP contribution in [0.25, 0.3) is 0 Å². The number of sulfonamides is 1. The molecule has 108 valence electrons. The smallest absolute Gasteiger partial charge is 0.208 e. The lowest BCUT2D eigenvalue weighted by molar-refractivity contribution is 0.402. The van der Waals surface area contributed by atoms with Crippen LogP contribution in [0.3, 0.4) is 0 Å². The predicted octanol–water partition coefficient (Wildman–Crippen LogP) is 2.58. The Labute approximate surface area is 120 Å². The molecule has 1 aliphatic rings. The van der Waals surface area contributed by atoms with Gasteiger partial charge in [0.15, 0.2) is 0 Å². The Morgan fingerprint density at radius 2 is 2.00 bits per heavy atom. The van der Waals surface area contributed by atoms with Crippen molar-refractivity contribution >= 4 is 10.0 Å². The molecule has 0 amide bonds. The fourth-order valence-electron chi connectivity index (χ4n) is 2.73. The van der Waals surface area contributed by atoms with E-state index in [9.17, 15) is 8.42 Å². The molecule has 1 N–H and O–H groups in total. The minimum Gasteiger partial charge on any atom is -0.208 e. The number of hydrogen-bond acceptors (Lipinski definition) is 3. The predicted molar refractivity (Wildman–Crippen MR) is 77.6 cm³/mol. The summed E-state index contributed by atoms with van der Waals surface area (Å²) in [5.41, 5.74) is 1.19. The molecule has 3 unspecified atom stereocenters. The maximum atomic E-state index is 12.4. The van der Waals surface area contributed by atoms with Gasteiger partial charge in [-0.05, 0) is 55.4 Å². The maximum absolute atomic E-state index is 12.4. The number of nitrogens with zero attached hydrogens (tertiary/aromatic N) is 1. The van der Waals surface area contributed by atoms with Gasteiger partial charge in [-0.15, -0.1) is 0 Å². The lowest BCUT2D eigenvalue weighted by Crippen LogP contribution is -2.37. The van der Waals surface area contributed by atoms with Crippen LogP contribution in [-0.4, -0.2) is 14.5 Å². The Kier molecular flexibility index (Phi) is 4.17. The number of nitriles is 1. The van der Waals surface area contributed by atoms with Crippen LogP contribution in [0, 0.1) is 30.1 Å². The van der Waals surface area contributed by atoms with Gasteiger partial charge in [0.2, 0.25) is 10.0 Å². The monoisotopic (exact) mass is 292 g/mol. The highest BCUT2D eigenvalue weighted by molar-refractivity contribution is 7.89. The highest BCUT2D eigenvalue weighted by Gasteiger charge is 2.33. The number of benzene rings is 1. The van der Waals surface area contributed by atoms with Gasteiger partial charge in [0, 0.05) is 6.04 Å². The van der Waals surface area contributed by atoms with E-state index in [4.69, 9.17) is 5.26 Å². The van der Waals surface area contributed by atoms with E-state index in [1.165, 1.54) is 6.07 Å². The van der Waals surface area contributed by atoms with Crippen LogP contribution in [0.15, 0.2) is 23.1 Å². The highest BCUT2D eigenvalue weighted by atomic mass is 32.2. The summed E-state index contributed by atoms with van der Waals surface area (Å²) in [6.45, 7) is 6.00. The van der Waals surface area contributed by atoms with E-state index in [1.54, 1.807) is 19.1 Å². The average Bonchev–Trinajstić information content (AvgIpc) is 2.70. The Bertz CT molecular complexity index is 646. The van der Waals surface area contributed by atoms with E-state index in [2.05, 4.69) is 18.6 Å². The van der Waals surface area contributed by atoms with Gasteiger partial charge >= 0.3 is 0 Å². The average molecular weight is 292 g/mol. The molecule has 0 aromatic heterocycles. The van der Waals surface area contributed by atoms with Crippen molar-refractivity contribution < 1.29 is 8.42 Å². The van der Waals surface area contributed by atoms with Crippen LogP contribution in [0.2, 0.25) is 0 Å². The molecule has 1 aromatic carbocycles. The largest absolute Gasteiger partial charge is 0.240 e. The van der Waals surface area contributed by atoms with Gasteiger partial charge in [0.1, 0.15) is 0 Å². The van der Waals surface area contributed by atoms with Gasteiger partial charge < -0.3 is 0 Å². The Hall–Kier alpha value is -1.38. The molecule has 1 aliphatic carbocycles. The Morgan fingerprint density at radius 3 is 2.50 bits per heavy atom. The Balaban J connectivity index is 2.23. The molecule has 0 saturated heterocycles. The second kappa shape index (κ2) is 5.55. The summed E-state index contributed by atoms with van der Waals surface area (Å²) in [5, 5.41) is 8.89. The lowest BCUT2D eigenvalue weighted by atomic mass is 9.98. The molecule has 0 radical (unpaired) electrons. The number of hydrogen-bond donors (Lipinski definition) is 1. The maximum Gasteiger partial charge on any atom is 0.240 e. The zero-order valence-corrected chi connectivity index (χ0v) is 12.9. The third kappa shape index (κ3) is 2.87. The van der Waals surface area contributed by atoms with Crippen LogP contribution < -0.4 is 4.72 Å². The first-order valence-electron chi connectivity index (χ1n) is 6.88. The fourth-order valence-corrected chi connectivity index (χ4v) is 4.17. The second-order valence-electron chi connectivity index (χ2n) is 5.73. The quantitative estimate of drug-likeness (QED) is 0.931. The second-order valence-corrected chi connectivity index (χ2v) is 7.44. The minimum atomic E-state index is -3.51. The SMILES string of the molecule is Cc1cc(S(=O)(=O)NC2CCC(C)C2C)ccc1C#N. The van der Waals surface area contributed by atoms with Crippen molar-refractivity contribution in [1.29, 1.82) is 5.26 Å². The van der Waals surface area contributed by atoms with E-state index in [1.807, 2.05) is 6.07 Å². The van der Waals surface area contributed by atoms with Crippen LogP contribution in [-0.2, 0) is 10.0 Å². The number of rotatable bonds is 3. The summed E-state index contributed by atoms with van der Waals surface area (Å²) in [4.78, 5) is 0.237. The summed E-state index contributed by atoms with van der Waals surface area (Å²) < 4.78 is 27.6. The van der Waals surface area contributed by atoms with Crippen molar-refractivity contribution in [2.75, 3.05) is 0 Å². The zero-order chi connectivity index (χ0) is 14.9. The number of nitrogens with one attached hydrogen (secondary N) is 1. The van der Waals surface area contributed by atoms with Crippen molar-refractivity contribution in [2.24, 2.45) is 11.8 Å². The molecule has 5 heteroatoms. The molecule has 1 aromatic rings. The first kappa shape index (κ1) is 15.0. The topological polar surface area (TPSA) is 70.0 Å². The van der Waals surface area contributed by atoms with Crippen molar-refractivity contribution in [1.82, 2.24) is 4.72 Å². The lowest BCUT2D eigenvalue weighted by Gasteiger charge is -2.19. The van der Waals surface area contributed by atoms with Crippen molar-refractivity contribution in [3.8, 4) is 6.07 Å². The molecule has 2 rings (SSSR count). The van der Waals surface area contributed by atoms with Gasteiger partial charge in [-0.1, -0.05) is 13.8 Å². The molecule has 0 spiro atoms. The van der Waals surface area contributed by atoms with Gasteiger partial charge in [-0.25, -0.2) is 13.1 Å². The standard InChI is InChI=1S/C15H20N2O2S/c1-10-4-7-15(12(10)3)17-20(18,19)14-6-5-13(9-16)11(2)8-14/h5-6,8,10,12,15,17H,4,7H2,1-3H3. The van der Waals surface area contributed by atoms with E-state index >= 15 is 0 Å². The third-order valence-corrected chi connectivity index (χ3v) is 5.89. The summed E-state index contributed by atoms with van der Waals surface area (Å²) >= 11 is 0. The first-order chi connectivity index (χ1) is 9.35. The minimum absolute atomic E-state index is 0.00551. The van der Waals surface area contributed by atoms with Crippen LogP contribution in [0.5, 0.6) is 0 Å². The van der Waals surface area contributed by atoms with E-state index in [0.29, 0.717) is 23.0 Å². The zero-order valence-electron chi connectivity index (χ0n) is 12.1. The molecular formula is C15H20N2O2S.